The number of fused-ring (bicyclic) bond motifs is 1. The van der Waals surface area contributed by atoms with Crippen LogP contribution in [0.1, 0.15) is 36.5 Å². The number of amides is 1. The highest BCUT2D eigenvalue weighted by atomic mass is 16.5. The van der Waals surface area contributed by atoms with Crippen LogP contribution in [0.2, 0.25) is 0 Å². The van der Waals surface area contributed by atoms with E-state index in [2.05, 4.69) is 23.2 Å². The van der Waals surface area contributed by atoms with Crippen LogP contribution in [0.25, 0.3) is 0 Å². The molecule has 1 aromatic carbocycles. The number of guanidine groups is 1. The van der Waals surface area contributed by atoms with E-state index in [1.807, 2.05) is 24.0 Å². The van der Waals surface area contributed by atoms with Crippen LogP contribution in [-0.4, -0.2) is 55.8 Å². The lowest BCUT2D eigenvalue weighted by molar-refractivity contribution is 0.0938. The lowest BCUT2D eigenvalue weighted by Crippen LogP contribution is -2.38. The topological polar surface area (TPSA) is 93.3 Å². The number of benzene rings is 1. The first kappa shape index (κ1) is 20.0. The quantitative estimate of drug-likeness (QED) is 0.471. The second-order valence-electron chi connectivity index (χ2n) is 7.75. The fourth-order valence-electron chi connectivity index (χ4n) is 3.87. The van der Waals surface area contributed by atoms with Crippen LogP contribution in [0, 0.1) is 17.4 Å². The van der Waals surface area contributed by atoms with Crippen molar-refractivity contribution in [3.63, 3.8) is 0 Å². The minimum absolute atomic E-state index is 0.0176. The lowest BCUT2D eigenvalue weighted by atomic mass is 10.1. The molecule has 1 N–H and O–H groups in total. The third-order valence-electron chi connectivity index (χ3n) is 5.65. The summed E-state index contributed by atoms with van der Waals surface area (Å²) in [6.07, 6.45) is 7.26. The van der Waals surface area contributed by atoms with Crippen molar-refractivity contribution in [3.05, 3.63) is 35.5 Å². The number of rotatable bonds is 4. The van der Waals surface area contributed by atoms with Crippen LogP contribution < -0.4 is 15.0 Å². The van der Waals surface area contributed by atoms with Crippen molar-refractivity contribution in [2.45, 2.75) is 32.2 Å². The van der Waals surface area contributed by atoms with Gasteiger partial charge < -0.3 is 19.9 Å². The number of likely N-dealkylation sites (tertiary alicyclic amines) is 1. The van der Waals surface area contributed by atoms with E-state index in [0.29, 0.717) is 49.4 Å². The molecule has 0 bridgehead atoms. The Bertz CT molecular complexity index is 943. The van der Waals surface area contributed by atoms with E-state index in [1.165, 1.54) is 12.8 Å². The van der Waals surface area contributed by atoms with Gasteiger partial charge in [0.25, 0.3) is 5.91 Å². The second-order valence-corrected chi connectivity index (χ2v) is 7.75. The first-order valence-electron chi connectivity index (χ1n) is 10.3. The van der Waals surface area contributed by atoms with Gasteiger partial charge in [-0.05, 0) is 51.1 Å². The third-order valence-corrected chi connectivity index (χ3v) is 5.65. The summed E-state index contributed by atoms with van der Waals surface area (Å²) in [4.78, 5) is 25.2. The highest BCUT2D eigenvalue weighted by Gasteiger charge is 2.29. The fourth-order valence-corrected chi connectivity index (χ4v) is 3.87. The smallest absolute Gasteiger partial charge is 0.251 e. The van der Waals surface area contributed by atoms with Crippen LogP contribution in [0.15, 0.2) is 40.0 Å². The summed E-state index contributed by atoms with van der Waals surface area (Å²) in [6, 6.07) is 5.39. The Hall–Kier alpha value is -3.34. The number of hydrogen-bond acceptors (Lipinski definition) is 5. The molecule has 0 radical (unpaired) electrons. The zero-order chi connectivity index (χ0) is 21.1. The van der Waals surface area contributed by atoms with Crippen molar-refractivity contribution in [1.82, 2.24) is 10.2 Å². The molecule has 30 heavy (non-hydrogen) atoms. The molecule has 0 spiro atoms. The van der Waals surface area contributed by atoms with Gasteiger partial charge in [0.2, 0.25) is 5.96 Å². The summed E-state index contributed by atoms with van der Waals surface area (Å²) in [5, 5.41) is 12.0. The van der Waals surface area contributed by atoms with E-state index in [4.69, 9.17) is 15.0 Å². The lowest BCUT2D eigenvalue weighted by Gasteiger charge is -2.30. The summed E-state index contributed by atoms with van der Waals surface area (Å²) >= 11 is 0. The van der Waals surface area contributed by atoms with Crippen molar-refractivity contribution in [2.75, 3.05) is 31.1 Å². The fraction of sp³-hybridized carbons (Fsp3) is 0.455. The van der Waals surface area contributed by atoms with Crippen LogP contribution in [0.4, 0.5) is 5.69 Å². The summed E-state index contributed by atoms with van der Waals surface area (Å²) in [7, 11) is 0. The average Bonchev–Trinajstić information content (AvgIpc) is 3.52. The molecule has 2 aliphatic heterocycles. The van der Waals surface area contributed by atoms with E-state index >= 15 is 0 Å². The van der Waals surface area contributed by atoms with Crippen molar-refractivity contribution in [1.29, 1.82) is 5.26 Å². The maximum absolute atomic E-state index is 12.7. The highest BCUT2D eigenvalue weighted by molar-refractivity contribution is 6.02. The van der Waals surface area contributed by atoms with E-state index in [1.54, 1.807) is 17.0 Å². The zero-order valence-corrected chi connectivity index (χ0v) is 17.2. The third kappa shape index (κ3) is 4.15. The van der Waals surface area contributed by atoms with Gasteiger partial charge >= 0.3 is 0 Å². The van der Waals surface area contributed by atoms with E-state index in [0.717, 1.165) is 17.8 Å². The molecule has 1 saturated carbocycles. The number of ether oxygens (including phenoxy) is 1. The van der Waals surface area contributed by atoms with Crippen LogP contribution in [0.3, 0.4) is 0 Å². The minimum Gasteiger partial charge on any atom is -0.490 e. The first-order valence-corrected chi connectivity index (χ1v) is 10.3. The van der Waals surface area contributed by atoms with Crippen molar-refractivity contribution < 1.29 is 9.53 Å². The van der Waals surface area contributed by atoms with E-state index < -0.39 is 0 Å². The van der Waals surface area contributed by atoms with Gasteiger partial charge in [-0.1, -0.05) is 6.08 Å². The molecule has 4 rings (SSSR count). The number of carbonyl (C=O) groups is 1. The summed E-state index contributed by atoms with van der Waals surface area (Å²) in [6.45, 7) is 8.02. The Labute approximate surface area is 176 Å². The molecule has 8 heteroatoms. The molecule has 156 valence electrons. The average molecular weight is 406 g/mol. The van der Waals surface area contributed by atoms with Gasteiger partial charge in [0.05, 0.1) is 12.2 Å². The number of carbonyl (C=O) groups excluding carboxylic acids is 1. The number of nitrogens with zero attached hydrogens (tertiary/aromatic N) is 5. The van der Waals surface area contributed by atoms with Gasteiger partial charge in [0.1, 0.15) is 12.4 Å². The number of hydrogen-bond donors (Lipinski definition) is 1. The predicted molar refractivity (Wildman–Crippen MR) is 116 cm³/mol. The normalized spacial score (nSPS) is 21.5. The number of allylic oxidation sites excluding steroid dienone is 2. The molecule has 3 aliphatic rings. The molecule has 1 amide bonds. The molecule has 1 aromatic rings. The highest BCUT2D eigenvalue weighted by Crippen LogP contribution is 2.38. The molecular formula is C22H26N6O2. The Balaban J connectivity index is 1.52. The molecule has 2 heterocycles. The monoisotopic (exact) mass is 406 g/mol. The largest absolute Gasteiger partial charge is 0.490 e. The number of nitrogens with one attached hydrogen (secondary N) is 1. The van der Waals surface area contributed by atoms with Crippen molar-refractivity contribution in [3.8, 4) is 11.9 Å². The molecule has 1 saturated heterocycles. The van der Waals surface area contributed by atoms with Crippen LogP contribution in [-0.2, 0) is 0 Å². The van der Waals surface area contributed by atoms with Gasteiger partial charge in [-0.2, -0.15) is 5.26 Å². The maximum atomic E-state index is 12.7. The zero-order valence-electron chi connectivity index (χ0n) is 17.2. The van der Waals surface area contributed by atoms with Gasteiger partial charge in [0.15, 0.2) is 6.19 Å². The first-order chi connectivity index (χ1) is 14.6. The van der Waals surface area contributed by atoms with Crippen molar-refractivity contribution in [2.24, 2.45) is 15.9 Å². The van der Waals surface area contributed by atoms with E-state index in [9.17, 15) is 4.79 Å². The molecule has 1 atom stereocenters. The molecule has 8 nitrogen and oxygen atoms in total. The van der Waals surface area contributed by atoms with Crippen LogP contribution in [0.5, 0.6) is 5.75 Å². The molecule has 0 unspecified atom stereocenters. The minimum atomic E-state index is -0.163. The Morgan fingerprint density at radius 3 is 2.87 bits per heavy atom. The van der Waals surface area contributed by atoms with Gasteiger partial charge in [-0.3, -0.25) is 4.79 Å². The molecule has 0 aromatic heterocycles. The molecule has 1 aliphatic carbocycles. The SMILES string of the molecule is C=NC(=N/C(=C\C)C1CC1)N1CCOc2cc(C(=O)N[C@@H]3CCN(C#N)C3)ccc21. The van der Waals surface area contributed by atoms with Crippen LogP contribution >= 0.6 is 0 Å². The molecular weight excluding hydrogens is 380 g/mol. The predicted octanol–water partition coefficient (Wildman–Crippen LogP) is 2.54. The van der Waals surface area contributed by atoms with Gasteiger partial charge in [-0.15, -0.1) is 0 Å². The second kappa shape index (κ2) is 8.57. The summed E-state index contributed by atoms with van der Waals surface area (Å²) < 4.78 is 5.83. The Morgan fingerprint density at radius 2 is 2.20 bits per heavy atom. The number of aliphatic imine (C=N–C) groups is 2. The summed E-state index contributed by atoms with van der Waals surface area (Å²) in [5.74, 6) is 1.54. The van der Waals surface area contributed by atoms with Crippen molar-refractivity contribution >= 4 is 24.3 Å². The van der Waals surface area contributed by atoms with Gasteiger partial charge in [-0.25, -0.2) is 9.98 Å². The molecule has 2 fully saturated rings. The standard InChI is InChI=1S/C22H26N6O2/c1-3-18(15-4-5-15)26-22(24-2)28-10-11-30-20-12-16(6-7-19(20)28)21(29)25-17-8-9-27(13-17)14-23/h3,6-7,12,15,17H,2,4-5,8-11,13H2,1H3,(H,25,29)/b18-3-,26-22?/t17-/m1/s1. The van der Waals surface area contributed by atoms with E-state index in [-0.39, 0.29) is 11.9 Å². The van der Waals surface area contributed by atoms with Gasteiger partial charge in [0, 0.05) is 36.3 Å². The number of anilines is 1. The Morgan fingerprint density at radius 1 is 1.37 bits per heavy atom. The summed E-state index contributed by atoms with van der Waals surface area (Å²) in [5.41, 5.74) is 2.40. The maximum Gasteiger partial charge on any atom is 0.251 e. The Kier molecular flexibility index (Phi) is 5.70. The number of nitriles is 1.